The van der Waals surface area contributed by atoms with Gasteiger partial charge in [0.05, 0.1) is 16.7 Å². The van der Waals surface area contributed by atoms with Gasteiger partial charge in [-0.25, -0.2) is 4.79 Å². The zero-order valence-electron chi connectivity index (χ0n) is 12.2. The Balaban J connectivity index is 1.80. The second kappa shape index (κ2) is 5.18. The SMILES string of the molecule is CC1(C)C(Nc2ccc(Cl)c(C(=O)O)c2)C2CCCOC21. The normalized spacial score (nSPS) is 30.1. The Labute approximate surface area is 129 Å². The van der Waals surface area contributed by atoms with Crippen LogP contribution in [0.2, 0.25) is 5.02 Å². The van der Waals surface area contributed by atoms with Gasteiger partial charge in [-0.05, 0) is 31.0 Å². The van der Waals surface area contributed by atoms with E-state index in [2.05, 4.69) is 19.2 Å². The van der Waals surface area contributed by atoms with E-state index in [0.717, 1.165) is 25.1 Å². The highest BCUT2D eigenvalue weighted by atomic mass is 35.5. The Hall–Kier alpha value is -1.26. The third kappa shape index (κ3) is 2.40. The molecule has 3 unspecified atom stereocenters. The molecule has 114 valence electrons. The summed E-state index contributed by atoms with van der Waals surface area (Å²) in [6.45, 7) is 5.25. The third-order valence-electron chi connectivity index (χ3n) is 4.85. The maximum Gasteiger partial charge on any atom is 0.337 e. The number of ether oxygens (including phenoxy) is 1. The summed E-state index contributed by atoms with van der Waals surface area (Å²) in [5.41, 5.74) is 0.989. The molecule has 2 aliphatic rings. The van der Waals surface area contributed by atoms with Gasteiger partial charge in [0, 0.05) is 29.7 Å². The molecule has 0 spiro atoms. The van der Waals surface area contributed by atoms with Crippen LogP contribution in [-0.4, -0.2) is 29.8 Å². The number of halogens is 1. The van der Waals surface area contributed by atoms with E-state index in [1.54, 1.807) is 12.1 Å². The van der Waals surface area contributed by atoms with Crippen LogP contribution in [0, 0.1) is 11.3 Å². The van der Waals surface area contributed by atoms with Crippen molar-refractivity contribution in [2.75, 3.05) is 11.9 Å². The molecule has 1 aromatic carbocycles. The summed E-state index contributed by atoms with van der Waals surface area (Å²) in [4.78, 5) is 11.2. The van der Waals surface area contributed by atoms with Crippen LogP contribution >= 0.6 is 11.6 Å². The van der Waals surface area contributed by atoms with Gasteiger partial charge < -0.3 is 15.2 Å². The highest BCUT2D eigenvalue weighted by Gasteiger charge is 2.57. The lowest BCUT2D eigenvalue weighted by Gasteiger charge is -2.60. The van der Waals surface area contributed by atoms with Gasteiger partial charge in [-0.3, -0.25) is 0 Å². The van der Waals surface area contributed by atoms with Crippen molar-refractivity contribution in [2.24, 2.45) is 11.3 Å². The zero-order valence-corrected chi connectivity index (χ0v) is 13.0. The number of benzene rings is 1. The van der Waals surface area contributed by atoms with E-state index in [-0.39, 0.29) is 16.0 Å². The molecule has 1 aromatic rings. The summed E-state index contributed by atoms with van der Waals surface area (Å²) < 4.78 is 5.89. The molecule has 0 amide bonds. The lowest BCUT2D eigenvalue weighted by molar-refractivity contribution is -0.177. The first-order valence-electron chi connectivity index (χ1n) is 7.32. The zero-order chi connectivity index (χ0) is 15.2. The largest absolute Gasteiger partial charge is 0.478 e. The number of carboxylic acids is 1. The van der Waals surface area contributed by atoms with E-state index in [0.29, 0.717) is 18.1 Å². The van der Waals surface area contributed by atoms with Crippen LogP contribution in [0.5, 0.6) is 0 Å². The number of nitrogens with one attached hydrogen (secondary N) is 1. The third-order valence-corrected chi connectivity index (χ3v) is 5.18. The Bertz CT molecular complexity index is 573. The molecule has 2 N–H and O–H groups in total. The van der Waals surface area contributed by atoms with Crippen molar-refractivity contribution in [3.8, 4) is 0 Å². The average molecular weight is 310 g/mol. The number of carbonyl (C=O) groups is 1. The molecule has 0 radical (unpaired) electrons. The van der Waals surface area contributed by atoms with Crippen LogP contribution in [0.4, 0.5) is 5.69 Å². The molecule has 0 bridgehead atoms. The minimum Gasteiger partial charge on any atom is -0.478 e. The van der Waals surface area contributed by atoms with Crippen LogP contribution in [0.15, 0.2) is 18.2 Å². The van der Waals surface area contributed by atoms with Crippen LogP contribution < -0.4 is 5.32 Å². The Kier molecular flexibility index (Phi) is 3.62. The van der Waals surface area contributed by atoms with Gasteiger partial charge in [-0.15, -0.1) is 0 Å². The summed E-state index contributed by atoms with van der Waals surface area (Å²) in [6.07, 6.45) is 2.55. The fraction of sp³-hybridized carbons (Fsp3) is 0.562. The first-order valence-corrected chi connectivity index (χ1v) is 7.70. The van der Waals surface area contributed by atoms with E-state index in [9.17, 15) is 4.79 Å². The average Bonchev–Trinajstić information content (AvgIpc) is 2.46. The van der Waals surface area contributed by atoms with Gasteiger partial charge in [0.15, 0.2) is 0 Å². The lowest BCUT2D eigenvalue weighted by Crippen LogP contribution is -2.67. The fourth-order valence-corrected chi connectivity index (χ4v) is 3.97. The quantitative estimate of drug-likeness (QED) is 0.894. The minimum absolute atomic E-state index is 0.0497. The number of hydrogen-bond acceptors (Lipinski definition) is 3. The fourth-order valence-electron chi connectivity index (χ4n) is 3.77. The van der Waals surface area contributed by atoms with Crippen molar-refractivity contribution in [1.82, 2.24) is 0 Å². The van der Waals surface area contributed by atoms with Crippen molar-refractivity contribution in [1.29, 1.82) is 0 Å². The molecule has 0 aromatic heterocycles. The van der Waals surface area contributed by atoms with Gasteiger partial charge >= 0.3 is 5.97 Å². The maximum absolute atomic E-state index is 11.2. The highest BCUT2D eigenvalue weighted by molar-refractivity contribution is 6.33. The number of anilines is 1. The topological polar surface area (TPSA) is 58.6 Å². The van der Waals surface area contributed by atoms with Crippen molar-refractivity contribution in [2.45, 2.75) is 38.8 Å². The summed E-state index contributed by atoms with van der Waals surface area (Å²) in [7, 11) is 0. The molecule has 3 atom stereocenters. The molecule has 1 saturated carbocycles. The summed E-state index contributed by atoms with van der Waals surface area (Å²) >= 11 is 5.91. The van der Waals surface area contributed by atoms with Gasteiger partial charge in [0.2, 0.25) is 0 Å². The van der Waals surface area contributed by atoms with Crippen LogP contribution in [-0.2, 0) is 4.74 Å². The van der Waals surface area contributed by atoms with E-state index in [1.807, 2.05) is 6.07 Å². The van der Waals surface area contributed by atoms with Crippen LogP contribution in [0.25, 0.3) is 0 Å². The second-order valence-corrected chi connectivity index (χ2v) is 6.95. The molecule has 1 heterocycles. The van der Waals surface area contributed by atoms with E-state index in [1.165, 1.54) is 0 Å². The molecule has 2 fully saturated rings. The van der Waals surface area contributed by atoms with Gasteiger partial charge in [-0.1, -0.05) is 25.4 Å². The van der Waals surface area contributed by atoms with Crippen molar-refractivity contribution < 1.29 is 14.6 Å². The first-order chi connectivity index (χ1) is 9.91. The maximum atomic E-state index is 11.2. The van der Waals surface area contributed by atoms with Gasteiger partial charge in [0.1, 0.15) is 0 Å². The van der Waals surface area contributed by atoms with E-state index in [4.69, 9.17) is 21.4 Å². The van der Waals surface area contributed by atoms with Crippen LogP contribution in [0.1, 0.15) is 37.0 Å². The molecular formula is C16H20ClNO3. The number of fused-ring (bicyclic) bond motifs is 1. The van der Waals surface area contributed by atoms with Crippen LogP contribution in [0.3, 0.4) is 0 Å². The minimum atomic E-state index is -1.00. The molecule has 3 rings (SSSR count). The van der Waals surface area contributed by atoms with Crippen molar-refractivity contribution in [3.63, 3.8) is 0 Å². The van der Waals surface area contributed by atoms with E-state index < -0.39 is 5.97 Å². The Morgan fingerprint density at radius 3 is 2.95 bits per heavy atom. The van der Waals surface area contributed by atoms with Crippen molar-refractivity contribution >= 4 is 23.3 Å². The molecule has 1 aliphatic carbocycles. The van der Waals surface area contributed by atoms with Gasteiger partial charge in [0.25, 0.3) is 0 Å². The number of carboxylic acid groups (broad SMARTS) is 1. The molecule has 1 aliphatic heterocycles. The van der Waals surface area contributed by atoms with E-state index >= 15 is 0 Å². The molecular weight excluding hydrogens is 290 g/mol. The number of rotatable bonds is 3. The van der Waals surface area contributed by atoms with Gasteiger partial charge in [-0.2, -0.15) is 0 Å². The smallest absolute Gasteiger partial charge is 0.337 e. The standard InChI is InChI=1S/C16H20ClNO3/c1-16(2)13(10-4-3-7-21-14(10)16)18-9-5-6-12(17)11(8-9)15(19)20/h5-6,8,10,13-14,18H,3-4,7H2,1-2H3,(H,19,20). The predicted molar refractivity (Wildman–Crippen MR) is 82.1 cm³/mol. The monoisotopic (exact) mass is 309 g/mol. The summed E-state index contributed by atoms with van der Waals surface area (Å²) in [6, 6.07) is 5.37. The van der Waals surface area contributed by atoms with Crippen molar-refractivity contribution in [3.05, 3.63) is 28.8 Å². The molecule has 21 heavy (non-hydrogen) atoms. The summed E-state index contributed by atoms with van der Waals surface area (Å²) in [5, 5.41) is 12.9. The molecule has 4 nitrogen and oxygen atoms in total. The Morgan fingerprint density at radius 1 is 1.48 bits per heavy atom. The first kappa shape index (κ1) is 14.7. The molecule has 1 saturated heterocycles. The molecule has 5 heteroatoms. The highest BCUT2D eigenvalue weighted by Crippen LogP contribution is 2.52. The lowest BCUT2D eigenvalue weighted by atomic mass is 9.55. The predicted octanol–water partition coefficient (Wildman–Crippen LogP) is 3.65. The number of hydrogen-bond donors (Lipinski definition) is 2. The second-order valence-electron chi connectivity index (χ2n) is 6.54. The number of aromatic carboxylic acids is 1. The Morgan fingerprint density at radius 2 is 2.24 bits per heavy atom. The summed E-state index contributed by atoms with van der Waals surface area (Å²) in [5.74, 6) is -0.506.